The lowest BCUT2D eigenvalue weighted by Gasteiger charge is -2.24. The number of hydrogen-bond acceptors (Lipinski definition) is 5. The number of aliphatic carboxylic acids is 1. The van der Waals surface area contributed by atoms with E-state index < -0.39 is 26.7 Å². The number of halogens is 1. The molecule has 0 radical (unpaired) electrons. The van der Waals surface area contributed by atoms with Gasteiger partial charge in [0.05, 0.1) is 12.4 Å². The second-order valence-electron chi connectivity index (χ2n) is 6.47. The molecule has 0 bridgehead atoms. The average Bonchev–Trinajstić information content (AvgIpc) is 3.00. The first-order chi connectivity index (χ1) is 11.7. The Kier molecular flexibility index (Phi) is 5.82. The molecule has 1 aromatic rings. The van der Waals surface area contributed by atoms with Gasteiger partial charge in [0.25, 0.3) is 0 Å². The smallest absolute Gasteiger partial charge is 0.324 e. The number of sulfone groups is 1. The average molecular weight is 371 g/mol. The summed E-state index contributed by atoms with van der Waals surface area (Å²) in [5.41, 5.74) is 2.49. The van der Waals surface area contributed by atoms with Crippen molar-refractivity contribution >= 4 is 21.5 Å². The maximum absolute atomic E-state index is 12.2. The van der Waals surface area contributed by atoms with Gasteiger partial charge in [0.2, 0.25) is 0 Å². The lowest BCUT2D eigenvalue weighted by molar-refractivity contribution is -0.140. The molecule has 8 heteroatoms. The van der Waals surface area contributed by atoms with Crippen LogP contribution in [0.5, 0.6) is 0 Å². The second-order valence-corrected chi connectivity index (χ2v) is 8.92. The molecule has 0 aromatic heterocycles. The number of alkyl halides is 1. The van der Waals surface area contributed by atoms with Crippen molar-refractivity contribution in [1.82, 2.24) is 0 Å². The molecule has 2 atom stereocenters. The highest BCUT2D eigenvalue weighted by Gasteiger charge is 2.47. The number of nitrogens with zero attached hydrogens (tertiary/aromatic N) is 1. The molecule has 6 nitrogen and oxygen atoms in total. The lowest BCUT2D eigenvalue weighted by Crippen LogP contribution is -2.45. The van der Waals surface area contributed by atoms with Crippen LogP contribution in [-0.2, 0) is 25.9 Å². The van der Waals surface area contributed by atoms with Crippen LogP contribution in [0.3, 0.4) is 0 Å². The molecular formula is C17H22FNO5S. The maximum atomic E-state index is 12.2. The molecule has 1 aliphatic rings. The molecule has 1 N–H and O–H groups in total. The van der Waals surface area contributed by atoms with Gasteiger partial charge in [-0.25, -0.2) is 8.42 Å². The number of hydrogen-bond donors (Lipinski definition) is 1. The Balaban J connectivity index is 2.04. The van der Waals surface area contributed by atoms with Crippen molar-refractivity contribution in [3.63, 3.8) is 0 Å². The van der Waals surface area contributed by atoms with Crippen molar-refractivity contribution in [3.05, 3.63) is 35.4 Å². The van der Waals surface area contributed by atoms with E-state index >= 15 is 0 Å². The van der Waals surface area contributed by atoms with Gasteiger partial charge in [-0.05, 0) is 30.9 Å². The van der Waals surface area contributed by atoms with E-state index in [1.165, 1.54) is 6.92 Å². The zero-order valence-corrected chi connectivity index (χ0v) is 15.1. The maximum Gasteiger partial charge on any atom is 0.324 e. The van der Waals surface area contributed by atoms with E-state index in [2.05, 4.69) is 5.16 Å². The van der Waals surface area contributed by atoms with E-state index in [9.17, 15) is 22.7 Å². The number of carboxylic acids is 1. The zero-order chi connectivity index (χ0) is 18.7. The van der Waals surface area contributed by atoms with Crippen LogP contribution in [0.2, 0.25) is 0 Å². The van der Waals surface area contributed by atoms with Gasteiger partial charge >= 0.3 is 5.97 Å². The summed E-state index contributed by atoms with van der Waals surface area (Å²) < 4.78 is 34.0. The molecule has 0 fully saturated rings. The van der Waals surface area contributed by atoms with E-state index in [0.29, 0.717) is 25.0 Å². The number of oxime groups is 1. The molecule has 25 heavy (non-hydrogen) atoms. The first kappa shape index (κ1) is 19.4. The summed E-state index contributed by atoms with van der Waals surface area (Å²) in [5.74, 6) is -1.40. The Labute approximate surface area is 146 Å². The van der Waals surface area contributed by atoms with Crippen molar-refractivity contribution in [2.75, 3.05) is 12.9 Å². The fraction of sp³-hybridized carbons (Fsp3) is 0.529. The number of benzene rings is 1. The van der Waals surface area contributed by atoms with E-state index in [-0.39, 0.29) is 13.1 Å². The van der Waals surface area contributed by atoms with Gasteiger partial charge in [-0.2, -0.15) is 0 Å². The Bertz CT molecular complexity index is 760. The van der Waals surface area contributed by atoms with Gasteiger partial charge < -0.3 is 9.94 Å². The van der Waals surface area contributed by atoms with Crippen LogP contribution in [0, 0.1) is 0 Å². The summed E-state index contributed by atoms with van der Waals surface area (Å²) in [4.78, 5) is 16.7. The topological polar surface area (TPSA) is 93.0 Å². The highest BCUT2D eigenvalue weighted by atomic mass is 32.2. The Morgan fingerprint density at radius 1 is 1.40 bits per heavy atom. The van der Waals surface area contributed by atoms with Crippen molar-refractivity contribution in [1.29, 1.82) is 0 Å². The van der Waals surface area contributed by atoms with E-state index in [1.54, 1.807) is 0 Å². The molecule has 0 aliphatic carbocycles. The minimum atomic E-state index is -3.81. The van der Waals surface area contributed by atoms with Crippen LogP contribution in [-0.4, -0.2) is 49.0 Å². The quantitative estimate of drug-likeness (QED) is 0.757. The summed E-state index contributed by atoms with van der Waals surface area (Å²) >= 11 is 0. The molecular weight excluding hydrogens is 349 g/mol. The standard InChI is InChI=1S/C17H22FNO5S/c1-17(16(20)21,25(2,22)23)11-14-10-15(19-24-14)13-7-5-12(6-8-13)4-3-9-18/h5-8,14H,3-4,9-11H2,1-2H3,(H,20,21)/t14-,17-/m1/s1. The summed E-state index contributed by atoms with van der Waals surface area (Å²) in [7, 11) is -3.81. The molecule has 1 aromatic carbocycles. The number of carbonyl (C=O) groups is 1. The first-order valence-electron chi connectivity index (χ1n) is 7.98. The third-order valence-electron chi connectivity index (χ3n) is 4.51. The van der Waals surface area contributed by atoms with Gasteiger partial charge in [0.1, 0.15) is 6.10 Å². The van der Waals surface area contributed by atoms with Gasteiger partial charge in [-0.1, -0.05) is 29.4 Å². The minimum absolute atomic E-state index is 0.178. The monoisotopic (exact) mass is 371 g/mol. The van der Waals surface area contributed by atoms with Gasteiger partial charge in [-0.15, -0.1) is 0 Å². The lowest BCUT2D eigenvalue weighted by atomic mass is 9.96. The second kappa shape index (κ2) is 7.51. The zero-order valence-electron chi connectivity index (χ0n) is 14.2. The fourth-order valence-electron chi connectivity index (χ4n) is 2.67. The highest BCUT2D eigenvalue weighted by molar-refractivity contribution is 7.92. The minimum Gasteiger partial charge on any atom is -0.480 e. The van der Waals surface area contributed by atoms with Crippen LogP contribution >= 0.6 is 0 Å². The summed E-state index contributed by atoms with van der Waals surface area (Å²) in [6.45, 7) is 0.832. The number of aryl methyl sites for hydroxylation is 1. The predicted molar refractivity (Wildman–Crippen MR) is 92.3 cm³/mol. The molecule has 138 valence electrons. The normalized spacial score (nSPS) is 19.8. The van der Waals surface area contributed by atoms with E-state index in [0.717, 1.165) is 17.4 Å². The molecule has 0 unspecified atom stereocenters. The summed E-state index contributed by atoms with van der Waals surface area (Å²) in [5, 5.41) is 13.3. The molecule has 1 heterocycles. The van der Waals surface area contributed by atoms with Crippen LogP contribution in [0.25, 0.3) is 0 Å². The molecule has 0 saturated carbocycles. The number of rotatable bonds is 8. The SMILES string of the molecule is C[C@@](C[C@H]1CC(c2ccc(CCCF)cc2)=NO1)(C(=O)O)S(C)(=O)=O. The highest BCUT2D eigenvalue weighted by Crippen LogP contribution is 2.29. The van der Waals surface area contributed by atoms with Gasteiger partial charge in [0, 0.05) is 19.1 Å². The van der Waals surface area contributed by atoms with Crippen LogP contribution in [0.4, 0.5) is 4.39 Å². The molecule has 0 spiro atoms. The van der Waals surface area contributed by atoms with Crippen LogP contribution < -0.4 is 0 Å². The van der Waals surface area contributed by atoms with Crippen molar-refractivity contribution in [2.24, 2.45) is 5.16 Å². The largest absolute Gasteiger partial charge is 0.480 e. The van der Waals surface area contributed by atoms with Crippen molar-refractivity contribution < 1.29 is 27.5 Å². The van der Waals surface area contributed by atoms with Gasteiger partial charge in [0.15, 0.2) is 14.6 Å². The summed E-state index contributed by atoms with van der Waals surface area (Å²) in [6, 6.07) is 7.48. The van der Waals surface area contributed by atoms with Gasteiger partial charge in [-0.3, -0.25) is 9.18 Å². The molecule has 0 saturated heterocycles. The Morgan fingerprint density at radius 3 is 2.56 bits per heavy atom. The third-order valence-corrected chi connectivity index (χ3v) is 6.49. The first-order valence-corrected chi connectivity index (χ1v) is 9.87. The van der Waals surface area contributed by atoms with Crippen molar-refractivity contribution in [2.45, 2.75) is 43.5 Å². The van der Waals surface area contributed by atoms with E-state index in [4.69, 9.17) is 4.84 Å². The van der Waals surface area contributed by atoms with Crippen LogP contribution in [0.15, 0.2) is 29.4 Å². The fourth-order valence-corrected chi connectivity index (χ4v) is 3.48. The Morgan fingerprint density at radius 2 is 2.04 bits per heavy atom. The van der Waals surface area contributed by atoms with Crippen LogP contribution in [0.1, 0.15) is 37.3 Å². The molecule has 0 amide bonds. The van der Waals surface area contributed by atoms with E-state index in [1.807, 2.05) is 24.3 Å². The molecule has 1 aliphatic heterocycles. The molecule has 2 rings (SSSR count). The third kappa shape index (κ3) is 4.36. The van der Waals surface area contributed by atoms with Crippen molar-refractivity contribution in [3.8, 4) is 0 Å². The summed E-state index contributed by atoms with van der Waals surface area (Å²) in [6.07, 6.45) is 1.59. The Hall–Kier alpha value is -1.96. The number of carboxylic acid groups (broad SMARTS) is 1. The predicted octanol–water partition coefficient (Wildman–Crippen LogP) is 2.36.